The third-order valence-electron chi connectivity index (χ3n) is 2.90. The van der Waals surface area contributed by atoms with E-state index in [9.17, 15) is 0 Å². The van der Waals surface area contributed by atoms with Gasteiger partial charge >= 0.3 is 0 Å². The predicted octanol–water partition coefficient (Wildman–Crippen LogP) is 2.69. The summed E-state index contributed by atoms with van der Waals surface area (Å²) in [6, 6.07) is 3.82. The van der Waals surface area contributed by atoms with Crippen LogP contribution in [-0.4, -0.2) is 24.2 Å². The second-order valence-electron chi connectivity index (χ2n) is 6.10. The van der Waals surface area contributed by atoms with Gasteiger partial charge in [-0.15, -0.1) is 0 Å². The molecule has 0 saturated heterocycles. The van der Waals surface area contributed by atoms with Crippen LogP contribution in [0.1, 0.15) is 33.6 Å². The summed E-state index contributed by atoms with van der Waals surface area (Å²) in [5.41, 5.74) is 6.21. The first-order chi connectivity index (χ1) is 8.35. The molecule has 2 N–H and O–H groups in total. The molecule has 0 aliphatic heterocycles. The van der Waals surface area contributed by atoms with Crippen LogP contribution < -0.4 is 15.4 Å². The van der Waals surface area contributed by atoms with Crippen molar-refractivity contribution in [2.24, 2.45) is 5.92 Å². The van der Waals surface area contributed by atoms with Gasteiger partial charge in [-0.1, -0.05) is 0 Å². The van der Waals surface area contributed by atoms with E-state index in [2.05, 4.69) is 16.9 Å². The fourth-order valence-corrected chi connectivity index (χ4v) is 1.81. The average molecular weight is 249 g/mol. The van der Waals surface area contributed by atoms with Crippen molar-refractivity contribution in [3.8, 4) is 5.88 Å². The molecular weight excluding hydrogens is 226 g/mol. The van der Waals surface area contributed by atoms with Gasteiger partial charge in [-0.05, 0) is 51.7 Å². The van der Waals surface area contributed by atoms with Crippen LogP contribution in [0, 0.1) is 5.92 Å². The minimum atomic E-state index is -0.283. The molecule has 1 aromatic heterocycles. The molecule has 1 saturated carbocycles. The normalized spacial score (nSPS) is 15.6. The van der Waals surface area contributed by atoms with Gasteiger partial charge in [0, 0.05) is 13.6 Å². The molecule has 18 heavy (non-hydrogen) atoms. The molecule has 4 heteroatoms. The van der Waals surface area contributed by atoms with E-state index in [1.165, 1.54) is 12.8 Å². The molecule has 1 fully saturated rings. The van der Waals surface area contributed by atoms with Gasteiger partial charge in [-0.2, -0.15) is 4.98 Å². The van der Waals surface area contributed by atoms with Crippen molar-refractivity contribution in [2.45, 2.75) is 39.2 Å². The Kier molecular flexibility index (Phi) is 3.37. The molecule has 1 aliphatic carbocycles. The highest BCUT2D eigenvalue weighted by Crippen LogP contribution is 2.32. The standard InChI is InChI=1S/C14H23N3O/c1-14(2,3)18-13-11(15)7-8-12(16-13)17(4)9-10-5-6-10/h7-8,10H,5-6,9,15H2,1-4H3. The monoisotopic (exact) mass is 249 g/mol. The number of nitrogen functional groups attached to an aromatic ring is 1. The Hall–Kier alpha value is -1.45. The summed E-state index contributed by atoms with van der Waals surface area (Å²) in [7, 11) is 2.07. The molecule has 0 bridgehead atoms. The second kappa shape index (κ2) is 4.67. The number of rotatable bonds is 4. The Morgan fingerprint density at radius 3 is 2.61 bits per heavy atom. The number of nitrogens with zero attached hydrogens (tertiary/aromatic N) is 2. The van der Waals surface area contributed by atoms with Crippen LogP contribution in [0.4, 0.5) is 11.5 Å². The zero-order chi connectivity index (χ0) is 13.3. The summed E-state index contributed by atoms with van der Waals surface area (Å²) < 4.78 is 5.78. The molecule has 100 valence electrons. The van der Waals surface area contributed by atoms with Crippen molar-refractivity contribution in [1.29, 1.82) is 0 Å². The van der Waals surface area contributed by atoms with E-state index in [4.69, 9.17) is 10.5 Å². The van der Waals surface area contributed by atoms with Crippen molar-refractivity contribution < 1.29 is 4.74 Å². The van der Waals surface area contributed by atoms with E-state index >= 15 is 0 Å². The number of pyridine rings is 1. The predicted molar refractivity (Wildman–Crippen MR) is 75.0 cm³/mol. The van der Waals surface area contributed by atoms with E-state index < -0.39 is 0 Å². The minimum Gasteiger partial charge on any atom is -0.470 e. The van der Waals surface area contributed by atoms with Crippen molar-refractivity contribution >= 4 is 11.5 Å². The highest BCUT2D eigenvalue weighted by atomic mass is 16.5. The summed E-state index contributed by atoms with van der Waals surface area (Å²) in [4.78, 5) is 6.69. The molecule has 0 unspecified atom stereocenters. The smallest absolute Gasteiger partial charge is 0.239 e. The molecular formula is C14H23N3O. The SMILES string of the molecule is CN(CC1CC1)c1ccc(N)c(OC(C)(C)C)n1. The maximum Gasteiger partial charge on any atom is 0.239 e. The van der Waals surface area contributed by atoms with Crippen LogP contribution in [0.3, 0.4) is 0 Å². The topological polar surface area (TPSA) is 51.4 Å². The van der Waals surface area contributed by atoms with Crippen molar-refractivity contribution in [2.75, 3.05) is 24.2 Å². The summed E-state index contributed by atoms with van der Waals surface area (Å²) in [5, 5.41) is 0. The fourth-order valence-electron chi connectivity index (χ4n) is 1.81. The maximum atomic E-state index is 5.90. The first-order valence-corrected chi connectivity index (χ1v) is 6.52. The molecule has 2 rings (SSSR count). The Morgan fingerprint density at radius 2 is 2.06 bits per heavy atom. The molecule has 4 nitrogen and oxygen atoms in total. The molecule has 1 heterocycles. The maximum absolute atomic E-state index is 5.90. The van der Waals surface area contributed by atoms with Crippen LogP contribution in [-0.2, 0) is 0 Å². The largest absolute Gasteiger partial charge is 0.470 e. The zero-order valence-electron chi connectivity index (χ0n) is 11.7. The van der Waals surface area contributed by atoms with E-state index in [1.54, 1.807) is 0 Å². The summed E-state index contributed by atoms with van der Waals surface area (Å²) >= 11 is 0. The average Bonchev–Trinajstić information content (AvgIpc) is 3.03. The van der Waals surface area contributed by atoms with Gasteiger partial charge in [0.15, 0.2) is 0 Å². The Morgan fingerprint density at radius 1 is 1.39 bits per heavy atom. The molecule has 1 aromatic rings. The second-order valence-corrected chi connectivity index (χ2v) is 6.10. The van der Waals surface area contributed by atoms with E-state index in [0.29, 0.717) is 11.6 Å². The Balaban J connectivity index is 2.14. The van der Waals surface area contributed by atoms with Gasteiger partial charge in [0.1, 0.15) is 11.4 Å². The molecule has 0 radical (unpaired) electrons. The van der Waals surface area contributed by atoms with Gasteiger partial charge < -0.3 is 15.4 Å². The fraction of sp³-hybridized carbons (Fsp3) is 0.643. The number of ether oxygens (including phenoxy) is 1. The van der Waals surface area contributed by atoms with E-state index in [0.717, 1.165) is 18.3 Å². The van der Waals surface area contributed by atoms with Crippen LogP contribution in [0.15, 0.2) is 12.1 Å². The van der Waals surface area contributed by atoms with Crippen LogP contribution in [0.25, 0.3) is 0 Å². The highest BCUT2D eigenvalue weighted by Gasteiger charge is 2.24. The van der Waals surface area contributed by atoms with Gasteiger partial charge in [0.25, 0.3) is 0 Å². The van der Waals surface area contributed by atoms with E-state index in [1.807, 2.05) is 32.9 Å². The van der Waals surface area contributed by atoms with Gasteiger partial charge in [-0.3, -0.25) is 0 Å². The number of nitrogens with two attached hydrogens (primary N) is 1. The lowest BCUT2D eigenvalue weighted by Crippen LogP contribution is -2.25. The highest BCUT2D eigenvalue weighted by molar-refractivity contribution is 5.54. The molecule has 1 aliphatic rings. The summed E-state index contributed by atoms with van der Waals surface area (Å²) in [6.07, 6.45) is 2.68. The zero-order valence-corrected chi connectivity index (χ0v) is 11.7. The molecule has 0 spiro atoms. The van der Waals surface area contributed by atoms with Crippen LogP contribution >= 0.6 is 0 Å². The first-order valence-electron chi connectivity index (χ1n) is 6.52. The van der Waals surface area contributed by atoms with Gasteiger partial charge in [0.05, 0.1) is 5.69 Å². The lowest BCUT2D eigenvalue weighted by Gasteiger charge is -2.23. The number of hydrogen-bond acceptors (Lipinski definition) is 4. The summed E-state index contributed by atoms with van der Waals surface area (Å²) in [5.74, 6) is 2.29. The van der Waals surface area contributed by atoms with Gasteiger partial charge in [0.2, 0.25) is 5.88 Å². The molecule has 0 amide bonds. The van der Waals surface area contributed by atoms with Gasteiger partial charge in [-0.25, -0.2) is 0 Å². The third-order valence-corrected chi connectivity index (χ3v) is 2.90. The number of aromatic nitrogens is 1. The summed E-state index contributed by atoms with van der Waals surface area (Å²) in [6.45, 7) is 7.05. The Labute approximate surface area is 109 Å². The van der Waals surface area contributed by atoms with Crippen LogP contribution in [0.2, 0.25) is 0 Å². The number of hydrogen-bond donors (Lipinski definition) is 1. The lowest BCUT2D eigenvalue weighted by molar-refractivity contribution is 0.125. The number of anilines is 2. The van der Waals surface area contributed by atoms with Crippen molar-refractivity contribution in [1.82, 2.24) is 4.98 Å². The van der Waals surface area contributed by atoms with Crippen molar-refractivity contribution in [3.63, 3.8) is 0 Å². The first kappa shape index (κ1) is 13.0. The van der Waals surface area contributed by atoms with E-state index in [-0.39, 0.29) is 5.60 Å². The van der Waals surface area contributed by atoms with Crippen molar-refractivity contribution in [3.05, 3.63) is 12.1 Å². The lowest BCUT2D eigenvalue weighted by atomic mass is 10.2. The third kappa shape index (κ3) is 3.52. The molecule has 0 atom stereocenters. The quantitative estimate of drug-likeness (QED) is 0.891. The Bertz CT molecular complexity index is 422. The molecule has 0 aromatic carbocycles. The van der Waals surface area contributed by atoms with Crippen LogP contribution in [0.5, 0.6) is 5.88 Å². The minimum absolute atomic E-state index is 0.283.